The first-order valence-electron chi connectivity index (χ1n) is 5.65. The van der Waals surface area contributed by atoms with E-state index in [0.29, 0.717) is 6.04 Å². The van der Waals surface area contributed by atoms with E-state index < -0.39 is 0 Å². The third kappa shape index (κ3) is 3.18. The molecule has 2 N–H and O–H groups in total. The SMILES string of the molecule is CN1CCNC(CNc2ccc(F)cc2)C1. The number of likely N-dealkylation sites (N-methyl/N-ethyl adjacent to an activating group) is 1. The number of nitrogens with zero attached hydrogens (tertiary/aromatic N) is 1. The quantitative estimate of drug-likeness (QED) is 0.804. The van der Waals surface area contributed by atoms with E-state index in [0.717, 1.165) is 31.9 Å². The van der Waals surface area contributed by atoms with Gasteiger partial charge in [0.2, 0.25) is 0 Å². The van der Waals surface area contributed by atoms with Crippen molar-refractivity contribution in [1.82, 2.24) is 10.2 Å². The van der Waals surface area contributed by atoms with Crippen molar-refractivity contribution in [3.8, 4) is 0 Å². The minimum absolute atomic E-state index is 0.193. The average molecular weight is 223 g/mol. The molecule has 0 spiro atoms. The van der Waals surface area contributed by atoms with Gasteiger partial charge in [0.1, 0.15) is 5.82 Å². The van der Waals surface area contributed by atoms with E-state index in [1.165, 1.54) is 12.1 Å². The van der Waals surface area contributed by atoms with Crippen LogP contribution >= 0.6 is 0 Å². The molecule has 0 radical (unpaired) electrons. The van der Waals surface area contributed by atoms with Crippen molar-refractivity contribution in [3.05, 3.63) is 30.1 Å². The largest absolute Gasteiger partial charge is 0.383 e. The van der Waals surface area contributed by atoms with Gasteiger partial charge in [-0.25, -0.2) is 4.39 Å². The second-order valence-corrected chi connectivity index (χ2v) is 4.30. The molecule has 0 amide bonds. The Morgan fingerprint density at radius 1 is 1.44 bits per heavy atom. The molecule has 1 aromatic rings. The van der Waals surface area contributed by atoms with E-state index in [-0.39, 0.29) is 5.82 Å². The van der Waals surface area contributed by atoms with Crippen molar-refractivity contribution < 1.29 is 4.39 Å². The highest BCUT2D eigenvalue weighted by atomic mass is 19.1. The van der Waals surface area contributed by atoms with Gasteiger partial charge >= 0.3 is 0 Å². The molecule has 88 valence electrons. The van der Waals surface area contributed by atoms with Crippen LogP contribution in [-0.2, 0) is 0 Å². The molecule has 1 atom stereocenters. The number of halogens is 1. The van der Waals surface area contributed by atoms with Gasteiger partial charge in [-0.1, -0.05) is 0 Å². The molecule has 4 heteroatoms. The Kier molecular flexibility index (Phi) is 3.74. The Morgan fingerprint density at radius 2 is 2.19 bits per heavy atom. The van der Waals surface area contributed by atoms with E-state index in [2.05, 4.69) is 22.6 Å². The van der Waals surface area contributed by atoms with Crippen LogP contribution in [0.1, 0.15) is 0 Å². The zero-order chi connectivity index (χ0) is 11.4. The maximum absolute atomic E-state index is 12.7. The fourth-order valence-electron chi connectivity index (χ4n) is 1.94. The van der Waals surface area contributed by atoms with Gasteiger partial charge in [0, 0.05) is 37.9 Å². The topological polar surface area (TPSA) is 27.3 Å². The van der Waals surface area contributed by atoms with Gasteiger partial charge in [0.15, 0.2) is 0 Å². The number of rotatable bonds is 3. The van der Waals surface area contributed by atoms with Crippen LogP contribution in [0.3, 0.4) is 0 Å². The van der Waals surface area contributed by atoms with Crippen molar-refractivity contribution >= 4 is 5.69 Å². The summed E-state index contributed by atoms with van der Waals surface area (Å²) in [6, 6.07) is 6.94. The summed E-state index contributed by atoms with van der Waals surface area (Å²) in [5.74, 6) is -0.193. The third-order valence-corrected chi connectivity index (χ3v) is 2.86. The molecule has 1 fully saturated rings. The van der Waals surface area contributed by atoms with Gasteiger partial charge < -0.3 is 15.5 Å². The maximum atomic E-state index is 12.7. The minimum atomic E-state index is -0.193. The molecule has 0 bridgehead atoms. The Balaban J connectivity index is 1.80. The lowest BCUT2D eigenvalue weighted by Gasteiger charge is -2.31. The second-order valence-electron chi connectivity index (χ2n) is 4.30. The molecule has 1 saturated heterocycles. The zero-order valence-corrected chi connectivity index (χ0v) is 9.54. The minimum Gasteiger partial charge on any atom is -0.383 e. The van der Waals surface area contributed by atoms with Crippen LogP contribution in [0.2, 0.25) is 0 Å². The molecule has 16 heavy (non-hydrogen) atoms. The number of anilines is 1. The van der Waals surface area contributed by atoms with Crippen LogP contribution in [-0.4, -0.2) is 44.2 Å². The number of hydrogen-bond donors (Lipinski definition) is 2. The molecule has 2 rings (SSSR count). The molecular formula is C12H18FN3. The second kappa shape index (κ2) is 5.27. The molecule has 0 aromatic heterocycles. The van der Waals surface area contributed by atoms with Crippen molar-refractivity contribution in [1.29, 1.82) is 0 Å². The van der Waals surface area contributed by atoms with E-state index in [4.69, 9.17) is 0 Å². The lowest BCUT2D eigenvalue weighted by Crippen LogP contribution is -2.51. The predicted octanol–water partition coefficient (Wildman–Crippen LogP) is 1.14. The van der Waals surface area contributed by atoms with Crippen molar-refractivity contribution in [2.45, 2.75) is 6.04 Å². The zero-order valence-electron chi connectivity index (χ0n) is 9.54. The van der Waals surface area contributed by atoms with Crippen LogP contribution in [0.5, 0.6) is 0 Å². The Bertz CT molecular complexity index is 326. The summed E-state index contributed by atoms with van der Waals surface area (Å²) < 4.78 is 12.7. The molecular weight excluding hydrogens is 205 g/mol. The Labute approximate surface area is 95.6 Å². The van der Waals surface area contributed by atoms with Crippen molar-refractivity contribution in [2.75, 3.05) is 38.5 Å². The summed E-state index contributed by atoms with van der Waals surface area (Å²) in [6.07, 6.45) is 0. The lowest BCUT2D eigenvalue weighted by atomic mass is 10.2. The molecule has 3 nitrogen and oxygen atoms in total. The molecule has 1 aliphatic heterocycles. The summed E-state index contributed by atoms with van der Waals surface area (Å²) >= 11 is 0. The molecule has 0 saturated carbocycles. The summed E-state index contributed by atoms with van der Waals surface area (Å²) in [6.45, 7) is 4.06. The standard InChI is InChI=1S/C12H18FN3/c1-16-7-6-14-12(9-16)8-15-11-4-2-10(13)3-5-11/h2-5,12,14-15H,6-9H2,1H3. The number of benzene rings is 1. The van der Waals surface area contributed by atoms with Gasteiger partial charge in [-0.2, -0.15) is 0 Å². The van der Waals surface area contributed by atoms with Gasteiger partial charge in [-0.15, -0.1) is 0 Å². The Morgan fingerprint density at radius 3 is 2.88 bits per heavy atom. The smallest absolute Gasteiger partial charge is 0.123 e. The monoisotopic (exact) mass is 223 g/mol. The van der Waals surface area contributed by atoms with Gasteiger partial charge in [0.05, 0.1) is 0 Å². The number of nitrogens with one attached hydrogen (secondary N) is 2. The van der Waals surface area contributed by atoms with E-state index in [1.54, 1.807) is 12.1 Å². The predicted molar refractivity (Wildman–Crippen MR) is 64.2 cm³/mol. The van der Waals surface area contributed by atoms with Crippen LogP contribution in [0.4, 0.5) is 10.1 Å². The van der Waals surface area contributed by atoms with E-state index in [9.17, 15) is 4.39 Å². The first kappa shape index (κ1) is 11.4. The molecule has 1 heterocycles. The molecule has 1 aliphatic rings. The normalized spacial score (nSPS) is 22.0. The highest BCUT2D eigenvalue weighted by Gasteiger charge is 2.15. The summed E-state index contributed by atoms with van der Waals surface area (Å²) in [7, 11) is 2.13. The first-order valence-corrected chi connectivity index (χ1v) is 5.65. The molecule has 1 unspecified atom stereocenters. The summed E-state index contributed by atoms with van der Waals surface area (Å²) in [4.78, 5) is 2.31. The molecule has 1 aromatic carbocycles. The van der Waals surface area contributed by atoms with Crippen molar-refractivity contribution in [3.63, 3.8) is 0 Å². The highest BCUT2D eigenvalue weighted by molar-refractivity contribution is 5.42. The fourth-order valence-corrected chi connectivity index (χ4v) is 1.94. The van der Waals surface area contributed by atoms with Crippen LogP contribution in [0.25, 0.3) is 0 Å². The van der Waals surface area contributed by atoms with Gasteiger partial charge in [-0.05, 0) is 31.3 Å². The van der Waals surface area contributed by atoms with Crippen LogP contribution in [0.15, 0.2) is 24.3 Å². The number of hydrogen-bond acceptors (Lipinski definition) is 3. The highest BCUT2D eigenvalue weighted by Crippen LogP contribution is 2.08. The van der Waals surface area contributed by atoms with E-state index in [1.807, 2.05) is 0 Å². The average Bonchev–Trinajstić information content (AvgIpc) is 2.28. The van der Waals surface area contributed by atoms with Gasteiger partial charge in [0.25, 0.3) is 0 Å². The van der Waals surface area contributed by atoms with Crippen LogP contribution < -0.4 is 10.6 Å². The third-order valence-electron chi connectivity index (χ3n) is 2.86. The molecule has 0 aliphatic carbocycles. The summed E-state index contributed by atoms with van der Waals surface area (Å²) in [5.41, 5.74) is 0.969. The van der Waals surface area contributed by atoms with Crippen molar-refractivity contribution in [2.24, 2.45) is 0 Å². The van der Waals surface area contributed by atoms with E-state index >= 15 is 0 Å². The number of piperazine rings is 1. The van der Waals surface area contributed by atoms with Gasteiger partial charge in [-0.3, -0.25) is 0 Å². The fraction of sp³-hybridized carbons (Fsp3) is 0.500. The maximum Gasteiger partial charge on any atom is 0.123 e. The Hall–Kier alpha value is -1.13. The first-order chi connectivity index (χ1) is 7.74. The summed E-state index contributed by atoms with van der Waals surface area (Å²) in [5, 5.41) is 6.76. The van der Waals surface area contributed by atoms with Crippen LogP contribution in [0, 0.1) is 5.82 Å². The lowest BCUT2D eigenvalue weighted by molar-refractivity contribution is 0.244.